The Labute approximate surface area is 134 Å². The summed E-state index contributed by atoms with van der Waals surface area (Å²) in [5.41, 5.74) is 2.24. The number of allylic oxidation sites excluding steroid dienone is 2. The van der Waals surface area contributed by atoms with Crippen molar-refractivity contribution in [2.75, 3.05) is 0 Å². The molecule has 3 aromatic heterocycles. The fourth-order valence-corrected chi connectivity index (χ4v) is 2.65. The van der Waals surface area contributed by atoms with E-state index in [1.807, 2.05) is 36.4 Å². The van der Waals surface area contributed by atoms with Gasteiger partial charge in [0.2, 0.25) is 0 Å². The van der Waals surface area contributed by atoms with Crippen LogP contribution in [-0.4, -0.2) is 19.9 Å². The first kappa shape index (κ1) is 13.8. The van der Waals surface area contributed by atoms with Crippen molar-refractivity contribution in [1.82, 2.24) is 19.9 Å². The van der Waals surface area contributed by atoms with Crippen LogP contribution >= 0.6 is 0 Å². The lowest BCUT2D eigenvalue weighted by Crippen LogP contribution is -2.32. The maximum atomic E-state index is 4.73. The van der Waals surface area contributed by atoms with Crippen LogP contribution in [0.1, 0.15) is 13.8 Å². The molecule has 1 aliphatic carbocycles. The summed E-state index contributed by atoms with van der Waals surface area (Å²) in [4.78, 5) is 18.2. The van der Waals surface area contributed by atoms with Gasteiger partial charge in [0.1, 0.15) is 5.69 Å². The number of pyridine rings is 2. The molecule has 4 nitrogen and oxygen atoms in total. The summed E-state index contributed by atoms with van der Waals surface area (Å²) in [5.74, 6) is 0. The average molecular weight is 300 g/mol. The molecule has 3 heterocycles. The molecule has 0 radical (unpaired) electrons. The van der Waals surface area contributed by atoms with Crippen LogP contribution in [-0.2, 0) is 0 Å². The summed E-state index contributed by atoms with van der Waals surface area (Å²) in [6.07, 6.45) is 11.8. The van der Waals surface area contributed by atoms with E-state index in [0.717, 1.165) is 33.1 Å². The number of aromatic nitrogens is 4. The van der Waals surface area contributed by atoms with Crippen molar-refractivity contribution in [1.29, 1.82) is 0 Å². The van der Waals surface area contributed by atoms with Crippen molar-refractivity contribution >= 4 is 23.2 Å². The van der Waals surface area contributed by atoms with Gasteiger partial charge >= 0.3 is 0 Å². The van der Waals surface area contributed by atoms with Crippen LogP contribution in [0.15, 0.2) is 48.8 Å². The maximum Gasteiger partial charge on any atom is 0.159 e. The first-order valence-corrected chi connectivity index (χ1v) is 7.58. The Kier molecular flexibility index (Phi) is 3.05. The zero-order valence-electron chi connectivity index (χ0n) is 13.1. The van der Waals surface area contributed by atoms with Gasteiger partial charge in [0.25, 0.3) is 0 Å². The molecule has 0 saturated heterocycles. The van der Waals surface area contributed by atoms with Crippen LogP contribution in [0.2, 0.25) is 0 Å². The fraction of sp³-hybridized carbons (Fsp3) is 0.158. The fourth-order valence-electron chi connectivity index (χ4n) is 2.65. The van der Waals surface area contributed by atoms with E-state index in [4.69, 9.17) is 4.98 Å². The van der Waals surface area contributed by atoms with E-state index in [9.17, 15) is 0 Å². The Balaban J connectivity index is 1.89. The molecule has 1 aliphatic rings. The molecule has 112 valence electrons. The minimum atomic E-state index is -0.0247. The topological polar surface area (TPSA) is 51.6 Å². The molecule has 0 spiro atoms. The van der Waals surface area contributed by atoms with Crippen LogP contribution in [0.5, 0.6) is 0 Å². The molecule has 4 heteroatoms. The number of fused-ring (bicyclic) bond motifs is 2. The van der Waals surface area contributed by atoms with E-state index in [0.29, 0.717) is 0 Å². The summed E-state index contributed by atoms with van der Waals surface area (Å²) < 4.78 is 0. The molecule has 0 N–H and O–H groups in total. The Morgan fingerprint density at radius 3 is 2.74 bits per heavy atom. The lowest BCUT2D eigenvalue weighted by molar-refractivity contribution is 0.668. The van der Waals surface area contributed by atoms with Crippen LogP contribution in [0.4, 0.5) is 0 Å². The molecule has 0 aliphatic heterocycles. The molecular formula is C19H16N4. The van der Waals surface area contributed by atoms with Gasteiger partial charge in [-0.15, -0.1) is 0 Å². The van der Waals surface area contributed by atoms with Crippen molar-refractivity contribution in [2.45, 2.75) is 13.8 Å². The smallest absolute Gasteiger partial charge is 0.159 e. The molecule has 0 amide bonds. The van der Waals surface area contributed by atoms with Crippen LogP contribution in [0.25, 0.3) is 34.6 Å². The van der Waals surface area contributed by atoms with E-state index >= 15 is 0 Å². The third-order valence-electron chi connectivity index (χ3n) is 3.84. The molecule has 3 aromatic rings. The Hall–Kier alpha value is -2.88. The highest BCUT2D eigenvalue weighted by molar-refractivity contribution is 5.77. The highest BCUT2D eigenvalue weighted by Gasteiger charge is 2.12. The molecule has 0 saturated carbocycles. The van der Waals surface area contributed by atoms with E-state index < -0.39 is 0 Å². The second kappa shape index (κ2) is 5.09. The lowest BCUT2D eigenvalue weighted by Gasteiger charge is -2.12. The molecule has 4 rings (SSSR count). The van der Waals surface area contributed by atoms with Gasteiger partial charge in [0.15, 0.2) is 5.65 Å². The summed E-state index contributed by atoms with van der Waals surface area (Å²) in [5, 5.41) is 2.79. The first-order chi connectivity index (χ1) is 11.1. The lowest BCUT2D eigenvalue weighted by atomic mass is 9.93. The van der Waals surface area contributed by atoms with Gasteiger partial charge in [-0.25, -0.2) is 15.0 Å². The van der Waals surface area contributed by atoms with Crippen molar-refractivity contribution in [3.63, 3.8) is 0 Å². The van der Waals surface area contributed by atoms with Gasteiger partial charge in [-0.05, 0) is 36.4 Å². The van der Waals surface area contributed by atoms with Gasteiger partial charge in [0, 0.05) is 17.0 Å². The first-order valence-electron chi connectivity index (χ1n) is 7.58. The number of nitrogens with zero attached hydrogens (tertiary/aromatic N) is 4. The third kappa shape index (κ3) is 2.63. The molecule has 0 unspecified atom stereocenters. The average Bonchev–Trinajstić information content (AvgIpc) is 2.70. The minimum Gasteiger partial charge on any atom is -0.253 e. The van der Waals surface area contributed by atoms with Crippen LogP contribution < -0.4 is 10.7 Å². The summed E-state index contributed by atoms with van der Waals surface area (Å²) in [7, 11) is 0. The van der Waals surface area contributed by atoms with Crippen molar-refractivity contribution in [3.8, 4) is 11.4 Å². The molecule has 0 aromatic carbocycles. The Bertz CT molecular complexity index is 1050. The van der Waals surface area contributed by atoms with Crippen molar-refractivity contribution in [3.05, 3.63) is 59.5 Å². The minimum absolute atomic E-state index is 0.0247. The van der Waals surface area contributed by atoms with Gasteiger partial charge in [-0.2, -0.15) is 0 Å². The predicted octanol–water partition coefficient (Wildman–Crippen LogP) is 2.24. The third-order valence-corrected chi connectivity index (χ3v) is 3.84. The van der Waals surface area contributed by atoms with E-state index in [-0.39, 0.29) is 5.41 Å². The maximum absolute atomic E-state index is 4.73. The summed E-state index contributed by atoms with van der Waals surface area (Å²) in [6.45, 7) is 4.30. The predicted molar refractivity (Wildman–Crippen MR) is 91.7 cm³/mol. The van der Waals surface area contributed by atoms with Gasteiger partial charge in [0.05, 0.1) is 22.6 Å². The van der Waals surface area contributed by atoms with Gasteiger partial charge < -0.3 is 0 Å². The normalized spacial score (nSPS) is 15.4. The Morgan fingerprint density at radius 1 is 0.913 bits per heavy atom. The zero-order valence-corrected chi connectivity index (χ0v) is 13.1. The highest BCUT2D eigenvalue weighted by Crippen LogP contribution is 2.19. The molecule has 23 heavy (non-hydrogen) atoms. The standard InChI is InChI=1S/C19H16N4/c1-19(2)9-3-6-14-16(11-19)21-12-17(22-14)15-8-7-13-5-4-10-20-18(13)23-15/h3-12H,1-2H3. The summed E-state index contributed by atoms with van der Waals surface area (Å²) in [6, 6.07) is 7.87. The molecule has 0 bridgehead atoms. The van der Waals surface area contributed by atoms with Crippen molar-refractivity contribution in [2.24, 2.45) is 5.41 Å². The quantitative estimate of drug-likeness (QED) is 0.691. The second-order valence-corrected chi connectivity index (χ2v) is 6.26. The Morgan fingerprint density at radius 2 is 1.83 bits per heavy atom. The van der Waals surface area contributed by atoms with E-state index in [2.05, 4.69) is 41.0 Å². The SMILES string of the molecule is CC1(C)C=CC=c2nc(-c3ccc4cccnc4n3)cnc2=C1. The van der Waals surface area contributed by atoms with E-state index in [1.54, 1.807) is 12.4 Å². The van der Waals surface area contributed by atoms with Gasteiger partial charge in [-0.3, -0.25) is 4.98 Å². The van der Waals surface area contributed by atoms with Crippen molar-refractivity contribution < 1.29 is 0 Å². The number of hydrogen-bond acceptors (Lipinski definition) is 4. The molecule has 0 fully saturated rings. The van der Waals surface area contributed by atoms with Gasteiger partial charge in [-0.1, -0.05) is 26.0 Å². The number of hydrogen-bond donors (Lipinski definition) is 0. The van der Waals surface area contributed by atoms with Crippen LogP contribution in [0.3, 0.4) is 0 Å². The molecule has 0 atom stereocenters. The zero-order chi connectivity index (χ0) is 15.9. The number of rotatable bonds is 1. The van der Waals surface area contributed by atoms with Crippen LogP contribution in [0, 0.1) is 5.41 Å². The van der Waals surface area contributed by atoms with E-state index in [1.165, 1.54) is 0 Å². The summed E-state index contributed by atoms with van der Waals surface area (Å²) >= 11 is 0. The monoisotopic (exact) mass is 300 g/mol. The largest absolute Gasteiger partial charge is 0.253 e. The highest BCUT2D eigenvalue weighted by atomic mass is 14.9. The second-order valence-electron chi connectivity index (χ2n) is 6.26. The molecular weight excluding hydrogens is 284 g/mol.